The Morgan fingerprint density at radius 3 is 2.76 bits per heavy atom. The van der Waals surface area contributed by atoms with Gasteiger partial charge in [0.05, 0.1) is 6.04 Å². The maximum atomic E-state index is 12.9. The summed E-state index contributed by atoms with van der Waals surface area (Å²) in [5, 5.41) is 7.66. The Bertz CT molecular complexity index is 611. The summed E-state index contributed by atoms with van der Waals surface area (Å²) in [6.07, 6.45) is 6.27. The van der Waals surface area contributed by atoms with Crippen LogP contribution >= 0.6 is 0 Å². The van der Waals surface area contributed by atoms with Crippen LogP contribution in [0.3, 0.4) is 0 Å². The highest BCUT2D eigenvalue weighted by Gasteiger charge is 2.38. The number of hydrogen-bond donors (Lipinski definition) is 1. The molecule has 1 aromatic heterocycles. The van der Waals surface area contributed by atoms with Crippen LogP contribution in [0.4, 0.5) is 4.39 Å². The number of hydrogen-bond acceptors (Lipinski definition) is 4. The maximum Gasteiger partial charge on any atom is 0.244 e. The lowest BCUT2D eigenvalue weighted by Crippen LogP contribution is -2.30. The van der Waals surface area contributed by atoms with Crippen molar-refractivity contribution in [1.82, 2.24) is 15.5 Å². The largest absolute Gasteiger partial charge is 0.337 e. The predicted octanol–water partition coefficient (Wildman–Crippen LogP) is 3.47. The molecule has 2 heterocycles. The lowest BCUT2D eigenvalue weighted by Gasteiger charge is -2.24. The molecule has 21 heavy (non-hydrogen) atoms. The van der Waals surface area contributed by atoms with E-state index in [1.54, 1.807) is 12.1 Å². The van der Waals surface area contributed by atoms with Crippen molar-refractivity contribution in [1.29, 1.82) is 0 Å². The van der Waals surface area contributed by atoms with E-state index >= 15 is 0 Å². The Hall–Kier alpha value is -1.75. The van der Waals surface area contributed by atoms with E-state index in [4.69, 9.17) is 4.52 Å². The molecule has 3 unspecified atom stereocenters. The molecule has 2 aliphatic rings. The molecule has 3 atom stereocenters. The van der Waals surface area contributed by atoms with Crippen molar-refractivity contribution < 1.29 is 8.91 Å². The van der Waals surface area contributed by atoms with Crippen LogP contribution in [0.1, 0.15) is 44.0 Å². The fraction of sp³-hybridized carbons (Fsp3) is 0.500. The van der Waals surface area contributed by atoms with Crippen LogP contribution in [-0.2, 0) is 0 Å². The fourth-order valence-corrected chi connectivity index (χ4v) is 3.60. The smallest absolute Gasteiger partial charge is 0.244 e. The van der Waals surface area contributed by atoms with Crippen LogP contribution in [0.5, 0.6) is 0 Å². The van der Waals surface area contributed by atoms with Crippen molar-refractivity contribution in [3.05, 3.63) is 36.0 Å². The SMILES string of the molecule is Fc1ccc(-c2noc(C3CC4CCCCC4N3)n2)cc1. The van der Waals surface area contributed by atoms with Crippen LogP contribution in [0.2, 0.25) is 0 Å². The standard InChI is InChI=1S/C16H18FN3O/c17-12-7-5-10(6-8-12)15-19-16(21-20-15)14-9-11-3-1-2-4-13(11)18-14/h5-8,11,13-14,18H,1-4,9H2. The second kappa shape index (κ2) is 5.22. The molecular formula is C16H18FN3O. The van der Waals surface area contributed by atoms with Gasteiger partial charge in [0.1, 0.15) is 5.82 Å². The fourth-order valence-electron chi connectivity index (χ4n) is 3.60. The summed E-state index contributed by atoms with van der Waals surface area (Å²) in [5.41, 5.74) is 0.779. The highest BCUT2D eigenvalue weighted by molar-refractivity contribution is 5.53. The molecule has 2 aromatic rings. The first-order valence-corrected chi connectivity index (χ1v) is 7.65. The zero-order chi connectivity index (χ0) is 14.2. The second-order valence-corrected chi connectivity index (χ2v) is 6.07. The lowest BCUT2D eigenvalue weighted by atomic mass is 9.85. The number of rotatable bonds is 2. The summed E-state index contributed by atoms with van der Waals surface area (Å²) in [6, 6.07) is 6.93. The topological polar surface area (TPSA) is 51.0 Å². The van der Waals surface area contributed by atoms with Crippen molar-refractivity contribution in [2.24, 2.45) is 5.92 Å². The van der Waals surface area contributed by atoms with Crippen LogP contribution in [-0.4, -0.2) is 16.2 Å². The van der Waals surface area contributed by atoms with Gasteiger partial charge in [-0.2, -0.15) is 4.98 Å². The molecule has 4 rings (SSSR count). The average molecular weight is 287 g/mol. The molecule has 1 aromatic carbocycles. The third-order valence-electron chi connectivity index (χ3n) is 4.71. The number of aromatic nitrogens is 2. The Morgan fingerprint density at radius 2 is 1.95 bits per heavy atom. The van der Waals surface area contributed by atoms with Gasteiger partial charge in [0.2, 0.25) is 11.7 Å². The van der Waals surface area contributed by atoms with Crippen LogP contribution in [0.25, 0.3) is 11.4 Å². The summed E-state index contributed by atoms with van der Waals surface area (Å²) in [4.78, 5) is 4.49. The predicted molar refractivity (Wildman–Crippen MR) is 75.9 cm³/mol. The van der Waals surface area contributed by atoms with E-state index in [0.29, 0.717) is 17.8 Å². The molecule has 1 aliphatic heterocycles. The van der Waals surface area contributed by atoms with E-state index in [2.05, 4.69) is 15.5 Å². The van der Waals surface area contributed by atoms with E-state index < -0.39 is 0 Å². The van der Waals surface area contributed by atoms with Gasteiger partial charge in [-0.1, -0.05) is 18.0 Å². The van der Waals surface area contributed by atoms with Gasteiger partial charge in [0.25, 0.3) is 0 Å². The Balaban J connectivity index is 1.53. The molecule has 1 N–H and O–H groups in total. The zero-order valence-corrected chi connectivity index (χ0v) is 11.8. The van der Waals surface area contributed by atoms with E-state index in [1.807, 2.05) is 0 Å². The summed E-state index contributed by atoms with van der Waals surface area (Å²) in [7, 11) is 0. The zero-order valence-electron chi connectivity index (χ0n) is 11.8. The highest BCUT2D eigenvalue weighted by Crippen LogP contribution is 2.38. The van der Waals surface area contributed by atoms with Gasteiger partial charge in [-0.25, -0.2) is 4.39 Å². The summed E-state index contributed by atoms with van der Waals surface area (Å²) >= 11 is 0. The Kier molecular flexibility index (Phi) is 3.22. The summed E-state index contributed by atoms with van der Waals surface area (Å²) < 4.78 is 18.4. The van der Waals surface area contributed by atoms with Crippen LogP contribution in [0.15, 0.2) is 28.8 Å². The monoisotopic (exact) mass is 287 g/mol. The van der Waals surface area contributed by atoms with Gasteiger partial charge in [-0.05, 0) is 49.4 Å². The van der Waals surface area contributed by atoms with Crippen LogP contribution < -0.4 is 5.32 Å². The molecule has 1 saturated heterocycles. The molecule has 4 nitrogen and oxygen atoms in total. The number of benzene rings is 1. The number of halogens is 1. The minimum absolute atomic E-state index is 0.166. The molecule has 0 radical (unpaired) electrons. The van der Waals surface area contributed by atoms with Crippen molar-refractivity contribution in [3.8, 4) is 11.4 Å². The minimum Gasteiger partial charge on any atom is -0.337 e. The molecule has 2 fully saturated rings. The van der Waals surface area contributed by atoms with E-state index in [1.165, 1.54) is 37.8 Å². The van der Waals surface area contributed by atoms with Crippen molar-refractivity contribution in [2.75, 3.05) is 0 Å². The van der Waals surface area contributed by atoms with Crippen molar-refractivity contribution >= 4 is 0 Å². The van der Waals surface area contributed by atoms with Crippen molar-refractivity contribution in [2.45, 2.75) is 44.2 Å². The molecule has 5 heteroatoms. The van der Waals surface area contributed by atoms with E-state index in [9.17, 15) is 4.39 Å². The molecule has 0 spiro atoms. The van der Waals surface area contributed by atoms with Gasteiger partial charge in [0, 0.05) is 11.6 Å². The quantitative estimate of drug-likeness (QED) is 0.919. The first-order chi connectivity index (χ1) is 10.3. The summed E-state index contributed by atoms with van der Waals surface area (Å²) in [5.74, 6) is 1.67. The molecular weight excluding hydrogens is 269 g/mol. The third kappa shape index (κ3) is 2.46. The second-order valence-electron chi connectivity index (χ2n) is 6.07. The van der Waals surface area contributed by atoms with Gasteiger partial charge in [-0.15, -0.1) is 0 Å². The summed E-state index contributed by atoms with van der Waals surface area (Å²) in [6.45, 7) is 0. The molecule has 0 amide bonds. The highest BCUT2D eigenvalue weighted by atomic mass is 19.1. The first-order valence-electron chi connectivity index (χ1n) is 7.65. The Morgan fingerprint density at radius 1 is 1.14 bits per heavy atom. The number of nitrogens with zero attached hydrogens (tertiary/aromatic N) is 2. The maximum absolute atomic E-state index is 12.9. The van der Waals surface area contributed by atoms with Gasteiger partial charge in [0.15, 0.2) is 0 Å². The third-order valence-corrected chi connectivity index (χ3v) is 4.71. The van der Waals surface area contributed by atoms with Crippen LogP contribution in [0, 0.1) is 11.7 Å². The van der Waals surface area contributed by atoms with E-state index in [-0.39, 0.29) is 11.9 Å². The molecule has 1 saturated carbocycles. The molecule has 110 valence electrons. The lowest BCUT2D eigenvalue weighted by molar-refractivity contribution is 0.324. The normalized spacial score (nSPS) is 28.5. The van der Waals surface area contributed by atoms with Gasteiger partial charge in [-0.3, -0.25) is 0 Å². The Labute approximate surface area is 122 Å². The first kappa shape index (κ1) is 13.0. The van der Waals surface area contributed by atoms with Gasteiger partial charge < -0.3 is 9.84 Å². The van der Waals surface area contributed by atoms with E-state index in [0.717, 1.165) is 17.9 Å². The average Bonchev–Trinajstić information content (AvgIpc) is 3.14. The van der Waals surface area contributed by atoms with Gasteiger partial charge >= 0.3 is 0 Å². The number of fused-ring (bicyclic) bond motifs is 1. The minimum atomic E-state index is -0.260. The number of nitrogens with one attached hydrogen (secondary N) is 1. The molecule has 1 aliphatic carbocycles. The van der Waals surface area contributed by atoms with Crippen molar-refractivity contribution in [3.63, 3.8) is 0 Å². The molecule has 0 bridgehead atoms.